The van der Waals surface area contributed by atoms with E-state index in [1.165, 1.54) is 18.4 Å². The first kappa shape index (κ1) is 11.9. The molecule has 1 heterocycles. The summed E-state index contributed by atoms with van der Waals surface area (Å²) in [6.07, 6.45) is 5.58. The van der Waals surface area contributed by atoms with Gasteiger partial charge in [-0.15, -0.1) is 0 Å². The van der Waals surface area contributed by atoms with E-state index in [0.717, 1.165) is 29.8 Å². The second kappa shape index (κ2) is 4.72. The van der Waals surface area contributed by atoms with Gasteiger partial charge >= 0.3 is 0 Å². The quantitative estimate of drug-likeness (QED) is 0.874. The molecule has 0 bridgehead atoms. The van der Waals surface area contributed by atoms with Gasteiger partial charge in [-0.2, -0.15) is 0 Å². The van der Waals surface area contributed by atoms with Crippen LogP contribution in [0.25, 0.3) is 0 Å². The number of pyridine rings is 1. The number of nitrogens with one attached hydrogen (secondary N) is 1. The molecule has 88 valence electrons. The number of hydrogen-bond acceptors (Lipinski definition) is 3. The lowest BCUT2D eigenvalue weighted by Crippen LogP contribution is -2.19. The zero-order valence-electron chi connectivity index (χ0n) is 9.59. The number of aromatic nitrogens is 1. The minimum absolute atomic E-state index is 0.445. The van der Waals surface area contributed by atoms with Crippen molar-refractivity contribution in [2.45, 2.75) is 26.2 Å². The topological polar surface area (TPSA) is 50.9 Å². The molecule has 0 radical (unpaired) electrons. The van der Waals surface area contributed by atoms with Gasteiger partial charge in [0.05, 0.1) is 4.47 Å². The molecular formula is C12H18BrN3. The van der Waals surface area contributed by atoms with Gasteiger partial charge in [0.15, 0.2) is 0 Å². The molecule has 0 saturated heterocycles. The number of nitrogens with zero attached hydrogens (tertiary/aromatic N) is 1. The fourth-order valence-electron chi connectivity index (χ4n) is 1.93. The van der Waals surface area contributed by atoms with Gasteiger partial charge < -0.3 is 11.1 Å². The average molecular weight is 284 g/mol. The predicted molar refractivity (Wildman–Crippen MR) is 70.5 cm³/mol. The Hall–Kier alpha value is -0.610. The SMILES string of the molecule is Cc1cnc(NCC2(CCN)CC2)c(Br)c1. The first-order valence-electron chi connectivity index (χ1n) is 5.71. The predicted octanol–water partition coefficient (Wildman–Crippen LogP) is 2.69. The van der Waals surface area contributed by atoms with Gasteiger partial charge in [-0.25, -0.2) is 4.98 Å². The Bertz CT molecular complexity index is 375. The van der Waals surface area contributed by atoms with Crippen LogP contribution in [0.5, 0.6) is 0 Å². The molecule has 0 atom stereocenters. The van der Waals surface area contributed by atoms with Crippen LogP contribution in [-0.4, -0.2) is 18.1 Å². The maximum absolute atomic E-state index is 5.62. The summed E-state index contributed by atoms with van der Waals surface area (Å²) in [5.41, 5.74) is 7.23. The first-order valence-corrected chi connectivity index (χ1v) is 6.51. The maximum Gasteiger partial charge on any atom is 0.140 e. The smallest absolute Gasteiger partial charge is 0.140 e. The molecule has 0 unspecified atom stereocenters. The van der Waals surface area contributed by atoms with E-state index in [-0.39, 0.29) is 0 Å². The van der Waals surface area contributed by atoms with Gasteiger partial charge in [-0.05, 0) is 65.7 Å². The monoisotopic (exact) mass is 283 g/mol. The van der Waals surface area contributed by atoms with Crippen molar-refractivity contribution in [3.8, 4) is 0 Å². The number of aryl methyl sites for hydroxylation is 1. The van der Waals surface area contributed by atoms with Crippen LogP contribution in [0.1, 0.15) is 24.8 Å². The molecule has 3 N–H and O–H groups in total. The van der Waals surface area contributed by atoms with Crippen LogP contribution >= 0.6 is 15.9 Å². The summed E-state index contributed by atoms with van der Waals surface area (Å²) in [6, 6.07) is 2.08. The summed E-state index contributed by atoms with van der Waals surface area (Å²) in [5.74, 6) is 0.939. The van der Waals surface area contributed by atoms with E-state index in [1.54, 1.807) is 0 Å². The van der Waals surface area contributed by atoms with E-state index in [1.807, 2.05) is 13.1 Å². The van der Waals surface area contributed by atoms with Gasteiger partial charge in [0, 0.05) is 12.7 Å². The van der Waals surface area contributed by atoms with Crippen LogP contribution in [0.15, 0.2) is 16.7 Å². The molecule has 0 amide bonds. The number of halogens is 1. The molecule has 1 aliphatic carbocycles. The number of nitrogens with two attached hydrogens (primary N) is 1. The summed E-state index contributed by atoms with van der Waals surface area (Å²) < 4.78 is 1.04. The van der Waals surface area contributed by atoms with E-state index in [4.69, 9.17) is 5.73 Å². The Morgan fingerprint density at radius 2 is 2.31 bits per heavy atom. The van der Waals surface area contributed by atoms with Crippen LogP contribution in [-0.2, 0) is 0 Å². The molecular weight excluding hydrogens is 266 g/mol. The standard InChI is InChI=1S/C12H18BrN3/c1-9-6-10(13)11(15-7-9)16-8-12(2-3-12)4-5-14/h6-7H,2-5,8,14H2,1H3,(H,15,16). The lowest BCUT2D eigenvalue weighted by atomic mass is 10.0. The van der Waals surface area contributed by atoms with E-state index in [9.17, 15) is 0 Å². The van der Waals surface area contributed by atoms with E-state index < -0.39 is 0 Å². The molecule has 1 fully saturated rings. The Morgan fingerprint density at radius 3 is 2.88 bits per heavy atom. The van der Waals surface area contributed by atoms with Gasteiger partial charge in [0.25, 0.3) is 0 Å². The number of rotatable bonds is 5. The summed E-state index contributed by atoms with van der Waals surface area (Å²) in [5, 5.41) is 3.41. The van der Waals surface area contributed by atoms with Crippen molar-refractivity contribution in [2.75, 3.05) is 18.4 Å². The van der Waals surface area contributed by atoms with Gasteiger partial charge in [-0.3, -0.25) is 0 Å². The molecule has 4 heteroatoms. The largest absolute Gasteiger partial charge is 0.369 e. The van der Waals surface area contributed by atoms with Crippen LogP contribution < -0.4 is 11.1 Å². The highest BCUT2D eigenvalue weighted by molar-refractivity contribution is 9.10. The zero-order chi connectivity index (χ0) is 11.6. The summed E-state index contributed by atoms with van der Waals surface area (Å²) in [4.78, 5) is 4.38. The molecule has 16 heavy (non-hydrogen) atoms. The summed E-state index contributed by atoms with van der Waals surface area (Å²) >= 11 is 3.52. The van der Waals surface area contributed by atoms with E-state index in [2.05, 4.69) is 32.3 Å². The zero-order valence-corrected chi connectivity index (χ0v) is 11.2. The molecule has 1 aliphatic rings. The van der Waals surface area contributed by atoms with Crippen molar-refractivity contribution >= 4 is 21.7 Å². The third-order valence-corrected chi connectivity index (χ3v) is 3.84. The highest BCUT2D eigenvalue weighted by Crippen LogP contribution is 2.48. The summed E-state index contributed by atoms with van der Waals surface area (Å²) in [7, 11) is 0. The fraction of sp³-hybridized carbons (Fsp3) is 0.583. The molecule has 1 aromatic heterocycles. The lowest BCUT2D eigenvalue weighted by molar-refractivity contribution is 0.500. The molecule has 0 spiro atoms. The highest BCUT2D eigenvalue weighted by Gasteiger charge is 2.41. The van der Waals surface area contributed by atoms with Gasteiger partial charge in [0.2, 0.25) is 0 Å². The van der Waals surface area contributed by atoms with Gasteiger partial charge in [-0.1, -0.05) is 0 Å². The fourth-order valence-corrected chi connectivity index (χ4v) is 2.54. The Balaban J connectivity index is 1.94. The minimum Gasteiger partial charge on any atom is -0.369 e. The second-order valence-electron chi connectivity index (χ2n) is 4.74. The van der Waals surface area contributed by atoms with E-state index in [0.29, 0.717) is 5.41 Å². The number of anilines is 1. The van der Waals surface area contributed by atoms with Crippen molar-refractivity contribution < 1.29 is 0 Å². The molecule has 1 aromatic rings. The molecule has 3 nitrogen and oxygen atoms in total. The average Bonchev–Trinajstić information content (AvgIpc) is 2.98. The van der Waals surface area contributed by atoms with Gasteiger partial charge in [0.1, 0.15) is 5.82 Å². The minimum atomic E-state index is 0.445. The van der Waals surface area contributed by atoms with Crippen LogP contribution in [0.3, 0.4) is 0 Å². The highest BCUT2D eigenvalue weighted by atomic mass is 79.9. The lowest BCUT2D eigenvalue weighted by Gasteiger charge is -2.16. The second-order valence-corrected chi connectivity index (χ2v) is 5.59. The van der Waals surface area contributed by atoms with Crippen molar-refractivity contribution in [2.24, 2.45) is 11.1 Å². The molecule has 0 aliphatic heterocycles. The van der Waals surface area contributed by atoms with Crippen molar-refractivity contribution in [3.05, 3.63) is 22.3 Å². The van der Waals surface area contributed by atoms with Crippen molar-refractivity contribution in [3.63, 3.8) is 0 Å². The van der Waals surface area contributed by atoms with Crippen LogP contribution in [0.4, 0.5) is 5.82 Å². The number of hydrogen-bond donors (Lipinski definition) is 2. The Kier molecular flexibility index (Phi) is 3.50. The molecule has 1 saturated carbocycles. The third kappa shape index (κ3) is 2.74. The Labute approximate surface area is 105 Å². The van der Waals surface area contributed by atoms with Crippen molar-refractivity contribution in [1.82, 2.24) is 4.98 Å². The van der Waals surface area contributed by atoms with Crippen LogP contribution in [0.2, 0.25) is 0 Å². The first-order chi connectivity index (χ1) is 7.65. The maximum atomic E-state index is 5.62. The molecule has 0 aromatic carbocycles. The van der Waals surface area contributed by atoms with Crippen LogP contribution in [0, 0.1) is 12.3 Å². The normalized spacial score (nSPS) is 17.2. The van der Waals surface area contributed by atoms with Crippen molar-refractivity contribution in [1.29, 1.82) is 0 Å². The summed E-state index contributed by atoms with van der Waals surface area (Å²) in [6.45, 7) is 3.81. The molecule has 2 rings (SSSR count). The Morgan fingerprint density at radius 1 is 1.56 bits per heavy atom. The van der Waals surface area contributed by atoms with E-state index >= 15 is 0 Å². The third-order valence-electron chi connectivity index (χ3n) is 3.24.